The van der Waals surface area contributed by atoms with E-state index in [1.54, 1.807) is 0 Å². The van der Waals surface area contributed by atoms with Crippen LogP contribution in [-0.2, 0) is 12.1 Å². The molecule has 2 heteroatoms. The second kappa shape index (κ2) is 4.20. The van der Waals surface area contributed by atoms with Crippen molar-refractivity contribution in [2.45, 2.75) is 26.0 Å². The lowest BCUT2D eigenvalue weighted by Crippen LogP contribution is -2.42. The number of pyridine rings is 1. The van der Waals surface area contributed by atoms with Crippen LogP contribution in [0.3, 0.4) is 0 Å². The Kier molecular flexibility index (Phi) is 2.26. The summed E-state index contributed by atoms with van der Waals surface area (Å²) in [6, 6.07) is 22.0. The van der Waals surface area contributed by atoms with Gasteiger partial charge < -0.3 is 4.74 Å². The smallest absolute Gasteiger partial charge is 0.293 e. The first-order chi connectivity index (χ1) is 12.2. The number of ether oxygens (including phenoxy) is 1. The molecule has 0 bridgehead atoms. The molecule has 0 amide bonds. The Morgan fingerprint density at radius 1 is 0.880 bits per heavy atom. The van der Waals surface area contributed by atoms with Crippen molar-refractivity contribution in [3.05, 3.63) is 71.8 Å². The lowest BCUT2D eigenvalue weighted by Gasteiger charge is -2.20. The Balaban J connectivity index is 1.87. The second-order valence-electron chi connectivity index (χ2n) is 7.63. The fraction of sp³-hybridized carbons (Fsp3) is 0.174. The average Bonchev–Trinajstić information content (AvgIpc) is 2.88. The van der Waals surface area contributed by atoms with Crippen LogP contribution >= 0.6 is 0 Å². The topological polar surface area (TPSA) is 13.1 Å². The van der Waals surface area contributed by atoms with Gasteiger partial charge in [0, 0.05) is 17.0 Å². The first-order valence-corrected chi connectivity index (χ1v) is 8.82. The van der Waals surface area contributed by atoms with Crippen LogP contribution < -0.4 is 9.30 Å². The molecule has 0 saturated heterocycles. The van der Waals surface area contributed by atoms with Crippen molar-refractivity contribution in [3.8, 4) is 17.0 Å². The predicted molar refractivity (Wildman–Crippen MR) is 99.8 cm³/mol. The summed E-state index contributed by atoms with van der Waals surface area (Å²) in [5, 5.41) is 3.90. The van der Waals surface area contributed by atoms with Crippen LogP contribution in [0.1, 0.15) is 25.0 Å². The Morgan fingerprint density at radius 2 is 1.76 bits per heavy atom. The second-order valence-corrected chi connectivity index (χ2v) is 7.63. The maximum atomic E-state index is 6.14. The van der Waals surface area contributed by atoms with Gasteiger partial charge in [-0.3, -0.25) is 0 Å². The minimum absolute atomic E-state index is 0.0126. The number of nitrogens with zero attached hydrogens (tertiary/aromatic N) is 1. The highest BCUT2D eigenvalue weighted by molar-refractivity contribution is 6.06. The molecule has 0 radical (unpaired) electrons. The molecule has 2 aliphatic rings. The van der Waals surface area contributed by atoms with Crippen LogP contribution in [0, 0.1) is 0 Å². The van der Waals surface area contributed by atoms with E-state index in [9.17, 15) is 0 Å². The molecule has 0 spiro atoms. The third kappa shape index (κ3) is 1.49. The van der Waals surface area contributed by atoms with Crippen LogP contribution in [0.25, 0.3) is 32.9 Å². The molecule has 2 nitrogen and oxygen atoms in total. The first kappa shape index (κ1) is 13.4. The summed E-state index contributed by atoms with van der Waals surface area (Å²) in [5.41, 5.74) is 6.63. The summed E-state index contributed by atoms with van der Waals surface area (Å²) in [7, 11) is 0. The van der Waals surface area contributed by atoms with Gasteiger partial charge in [-0.05, 0) is 34.5 Å². The van der Waals surface area contributed by atoms with Gasteiger partial charge in [0.05, 0.1) is 10.9 Å². The summed E-state index contributed by atoms with van der Waals surface area (Å²) < 4.78 is 8.50. The van der Waals surface area contributed by atoms with Crippen molar-refractivity contribution < 1.29 is 9.30 Å². The van der Waals surface area contributed by atoms with E-state index >= 15 is 0 Å². The zero-order valence-electron chi connectivity index (χ0n) is 14.3. The summed E-state index contributed by atoms with van der Waals surface area (Å²) in [4.78, 5) is 0. The average molecular weight is 324 g/mol. The quantitative estimate of drug-likeness (QED) is 0.330. The normalized spacial score (nSPS) is 16.1. The van der Waals surface area contributed by atoms with Crippen molar-refractivity contribution in [1.29, 1.82) is 0 Å². The van der Waals surface area contributed by atoms with Gasteiger partial charge in [-0.15, -0.1) is 0 Å². The number of fused-ring (bicyclic) bond motifs is 4. The molecule has 1 aromatic heterocycles. The first-order valence-electron chi connectivity index (χ1n) is 8.82. The van der Waals surface area contributed by atoms with Gasteiger partial charge in [-0.2, -0.15) is 4.57 Å². The molecule has 2 heterocycles. The zero-order chi connectivity index (χ0) is 16.8. The van der Waals surface area contributed by atoms with Crippen LogP contribution in [0.15, 0.2) is 60.7 Å². The van der Waals surface area contributed by atoms with Crippen LogP contribution in [0.5, 0.6) is 5.75 Å². The molecular formula is C23H18NO+. The lowest BCUT2D eigenvalue weighted by atomic mass is 9.82. The van der Waals surface area contributed by atoms with E-state index in [2.05, 4.69) is 79.1 Å². The molecule has 0 fully saturated rings. The lowest BCUT2D eigenvalue weighted by molar-refractivity contribution is -0.693. The van der Waals surface area contributed by atoms with Crippen molar-refractivity contribution in [2.24, 2.45) is 0 Å². The van der Waals surface area contributed by atoms with Crippen molar-refractivity contribution in [1.82, 2.24) is 0 Å². The molecular weight excluding hydrogens is 306 g/mol. The number of aromatic nitrogens is 1. The fourth-order valence-electron chi connectivity index (χ4n) is 4.73. The van der Waals surface area contributed by atoms with Crippen molar-refractivity contribution in [3.63, 3.8) is 0 Å². The van der Waals surface area contributed by atoms with Gasteiger partial charge in [0.1, 0.15) is 5.75 Å². The molecule has 0 unspecified atom stereocenters. The van der Waals surface area contributed by atoms with E-state index in [4.69, 9.17) is 4.74 Å². The molecule has 120 valence electrons. The van der Waals surface area contributed by atoms with Gasteiger partial charge >= 0.3 is 0 Å². The largest absolute Gasteiger partial charge is 0.435 e. The minimum Gasteiger partial charge on any atom is -0.435 e. The fourth-order valence-corrected chi connectivity index (χ4v) is 4.73. The molecule has 0 atom stereocenters. The summed E-state index contributed by atoms with van der Waals surface area (Å²) in [5.74, 6) is 1.02. The summed E-state index contributed by atoms with van der Waals surface area (Å²) in [6.45, 7) is 5.23. The van der Waals surface area contributed by atoms with Crippen LogP contribution in [0.4, 0.5) is 0 Å². The van der Waals surface area contributed by atoms with E-state index in [0.29, 0.717) is 6.73 Å². The monoisotopic (exact) mass is 324 g/mol. The molecule has 25 heavy (non-hydrogen) atoms. The van der Waals surface area contributed by atoms with Crippen molar-refractivity contribution in [2.75, 3.05) is 0 Å². The molecule has 1 aliphatic carbocycles. The Bertz CT molecular complexity index is 1220. The van der Waals surface area contributed by atoms with E-state index in [-0.39, 0.29) is 5.41 Å². The van der Waals surface area contributed by atoms with Gasteiger partial charge in [-0.1, -0.05) is 50.2 Å². The Hall–Kier alpha value is -2.87. The number of benzene rings is 3. The van der Waals surface area contributed by atoms with Gasteiger partial charge in [0.25, 0.3) is 6.73 Å². The number of rotatable bonds is 0. The maximum absolute atomic E-state index is 6.14. The molecule has 6 rings (SSSR count). The SMILES string of the molecule is CC1(C)c2cccc3c2-c2c1cc1c4ccccc4ccc1[n+]2CO3. The van der Waals surface area contributed by atoms with E-state index < -0.39 is 0 Å². The van der Waals surface area contributed by atoms with Gasteiger partial charge in [-0.25, -0.2) is 0 Å². The van der Waals surface area contributed by atoms with E-state index in [1.165, 1.54) is 44.1 Å². The molecule has 4 aromatic rings. The number of hydrogen-bond donors (Lipinski definition) is 0. The highest BCUT2D eigenvalue weighted by Gasteiger charge is 2.46. The summed E-state index contributed by atoms with van der Waals surface area (Å²) in [6.07, 6.45) is 0. The van der Waals surface area contributed by atoms with Crippen LogP contribution in [-0.4, -0.2) is 0 Å². The Morgan fingerprint density at radius 3 is 2.68 bits per heavy atom. The van der Waals surface area contributed by atoms with E-state index in [0.717, 1.165) is 5.75 Å². The highest BCUT2D eigenvalue weighted by Crippen LogP contribution is 2.52. The zero-order valence-corrected chi connectivity index (χ0v) is 14.3. The van der Waals surface area contributed by atoms with Gasteiger partial charge in [0.15, 0.2) is 0 Å². The third-order valence-electron chi connectivity index (χ3n) is 6.01. The van der Waals surface area contributed by atoms with Gasteiger partial charge in [0.2, 0.25) is 11.2 Å². The predicted octanol–water partition coefficient (Wildman–Crippen LogP) is 4.94. The minimum atomic E-state index is -0.0126. The highest BCUT2D eigenvalue weighted by atomic mass is 16.5. The molecule has 3 aromatic carbocycles. The molecule has 0 saturated carbocycles. The van der Waals surface area contributed by atoms with Crippen molar-refractivity contribution >= 4 is 21.7 Å². The standard InChI is InChI=1S/C23H18NO/c1-23(2)17-8-5-9-20-21(17)22-18(23)12-16-15-7-4-3-6-14(15)10-11-19(16)24(22)13-25-20/h3-12H,13H2,1-2H3/q+1. The summed E-state index contributed by atoms with van der Waals surface area (Å²) >= 11 is 0. The Labute approximate surface area is 146 Å². The number of hydrogen-bond acceptors (Lipinski definition) is 1. The molecule has 1 aliphatic heterocycles. The maximum Gasteiger partial charge on any atom is 0.293 e. The molecule has 0 N–H and O–H groups in total. The van der Waals surface area contributed by atoms with Crippen LogP contribution in [0.2, 0.25) is 0 Å². The van der Waals surface area contributed by atoms with E-state index in [1.807, 2.05) is 0 Å². The third-order valence-corrected chi connectivity index (χ3v) is 6.01.